The summed E-state index contributed by atoms with van der Waals surface area (Å²) in [7, 11) is 0. The van der Waals surface area contributed by atoms with Crippen molar-refractivity contribution in [2.24, 2.45) is 0 Å². The highest BCUT2D eigenvalue weighted by Gasteiger charge is 2.15. The molecule has 20 heavy (non-hydrogen) atoms. The van der Waals surface area contributed by atoms with Crippen LogP contribution in [0.1, 0.15) is 37.7 Å². The highest BCUT2D eigenvalue weighted by Crippen LogP contribution is 2.25. The number of alkyl carbamates (subject to hydrolysis) is 1. The highest BCUT2D eigenvalue weighted by atomic mass is 16.6. The fraction of sp³-hybridized carbons (Fsp3) is 0.438. The van der Waals surface area contributed by atoms with Gasteiger partial charge in [-0.05, 0) is 57.9 Å². The van der Waals surface area contributed by atoms with Crippen LogP contribution in [-0.4, -0.2) is 11.7 Å². The van der Waals surface area contributed by atoms with Crippen molar-refractivity contribution in [1.82, 2.24) is 5.32 Å². The van der Waals surface area contributed by atoms with E-state index in [1.165, 1.54) is 0 Å². The maximum absolute atomic E-state index is 11.6. The predicted octanol–water partition coefficient (Wildman–Crippen LogP) is 4.07. The van der Waals surface area contributed by atoms with Gasteiger partial charge in [-0.2, -0.15) is 0 Å². The minimum absolute atomic E-state index is 0.405. The number of hydrogen-bond donors (Lipinski definition) is 1. The van der Waals surface area contributed by atoms with Gasteiger partial charge < -0.3 is 14.5 Å². The first-order valence-electron chi connectivity index (χ1n) is 6.72. The van der Waals surface area contributed by atoms with Crippen LogP contribution in [0.3, 0.4) is 0 Å². The lowest BCUT2D eigenvalue weighted by Crippen LogP contribution is -2.32. The lowest BCUT2D eigenvalue weighted by Gasteiger charge is -2.19. The molecule has 0 bridgehead atoms. The third-order valence-electron chi connectivity index (χ3n) is 3.07. The number of nitrogens with one attached hydrogen (secondary N) is 1. The molecule has 0 aliphatic rings. The summed E-state index contributed by atoms with van der Waals surface area (Å²) in [6.45, 7) is 9.96. The lowest BCUT2D eigenvalue weighted by atomic mass is 10.1. The molecule has 0 saturated carbocycles. The summed E-state index contributed by atoms with van der Waals surface area (Å²) in [4.78, 5) is 11.6. The molecule has 0 aliphatic heterocycles. The van der Waals surface area contributed by atoms with Crippen LogP contribution in [0, 0.1) is 13.8 Å². The van der Waals surface area contributed by atoms with Crippen LogP contribution in [0.2, 0.25) is 0 Å². The van der Waals surface area contributed by atoms with Gasteiger partial charge in [0.15, 0.2) is 0 Å². The van der Waals surface area contributed by atoms with E-state index >= 15 is 0 Å². The summed E-state index contributed by atoms with van der Waals surface area (Å²) in [6.07, 6.45) is -0.405. The van der Waals surface area contributed by atoms with Crippen LogP contribution in [0.5, 0.6) is 0 Å². The second-order valence-corrected chi connectivity index (χ2v) is 5.97. The quantitative estimate of drug-likeness (QED) is 0.898. The molecule has 0 atom stereocenters. The topological polar surface area (TPSA) is 51.5 Å². The summed E-state index contributed by atoms with van der Waals surface area (Å²) in [6, 6.07) is 5.92. The van der Waals surface area contributed by atoms with E-state index in [-0.39, 0.29) is 0 Å². The van der Waals surface area contributed by atoms with E-state index in [0.717, 1.165) is 27.9 Å². The Hall–Kier alpha value is -1.97. The Morgan fingerprint density at radius 1 is 1.30 bits per heavy atom. The third kappa shape index (κ3) is 3.32. The van der Waals surface area contributed by atoms with Crippen molar-refractivity contribution >= 4 is 17.1 Å². The Bertz CT molecular complexity index is 635. The molecule has 1 amide bonds. The number of hydrogen-bond acceptors (Lipinski definition) is 3. The van der Waals surface area contributed by atoms with Crippen LogP contribution >= 0.6 is 0 Å². The van der Waals surface area contributed by atoms with E-state index in [9.17, 15) is 4.79 Å². The van der Waals surface area contributed by atoms with Gasteiger partial charge in [0.25, 0.3) is 0 Å². The Morgan fingerprint density at radius 2 is 2.00 bits per heavy atom. The molecular formula is C16H21NO3. The highest BCUT2D eigenvalue weighted by molar-refractivity contribution is 5.82. The summed E-state index contributed by atoms with van der Waals surface area (Å²) >= 11 is 0. The standard InChI is InChI=1S/C16H21NO3/c1-10-11(2)19-14-7-6-12(8-13(10)14)9-17-15(18)20-16(3,4)5/h6-8H,9H2,1-5H3,(H,17,18). The third-order valence-corrected chi connectivity index (χ3v) is 3.07. The van der Waals surface area contributed by atoms with Crippen molar-refractivity contribution in [3.05, 3.63) is 35.1 Å². The van der Waals surface area contributed by atoms with Crippen molar-refractivity contribution in [1.29, 1.82) is 0 Å². The van der Waals surface area contributed by atoms with Gasteiger partial charge in [0, 0.05) is 11.9 Å². The smallest absolute Gasteiger partial charge is 0.407 e. The summed E-state index contributed by atoms with van der Waals surface area (Å²) in [5, 5.41) is 3.84. The number of fused-ring (bicyclic) bond motifs is 1. The number of carbonyl (C=O) groups is 1. The maximum atomic E-state index is 11.6. The molecule has 2 rings (SSSR count). The van der Waals surface area contributed by atoms with Crippen molar-refractivity contribution in [2.75, 3.05) is 0 Å². The fourth-order valence-corrected chi connectivity index (χ4v) is 1.99. The van der Waals surface area contributed by atoms with Crippen LogP contribution in [0.25, 0.3) is 11.0 Å². The van der Waals surface area contributed by atoms with Crippen LogP contribution < -0.4 is 5.32 Å². The van der Waals surface area contributed by atoms with Gasteiger partial charge in [0.05, 0.1) is 0 Å². The van der Waals surface area contributed by atoms with Gasteiger partial charge in [-0.25, -0.2) is 4.79 Å². The van der Waals surface area contributed by atoms with Crippen molar-refractivity contribution in [2.45, 2.75) is 46.8 Å². The van der Waals surface area contributed by atoms with Crippen molar-refractivity contribution in [3.8, 4) is 0 Å². The van der Waals surface area contributed by atoms with E-state index in [4.69, 9.17) is 9.15 Å². The van der Waals surface area contributed by atoms with E-state index in [0.29, 0.717) is 6.54 Å². The maximum Gasteiger partial charge on any atom is 0.407 e. The number of aryl methyl sites for hydroxylation is 2. The van der Waals surface area contributed by atoms with Gasteiger partial charge in [-0.3, -0.25) is 0 Å². The van der Waals surface area contributed by atoms with Crippen LogP contribution in [0.4, 0.5) is 4.79 Å². The molecule has 2 aromatic rings. The van der Waals surface area contributed by atoms with Gasteiger partial charge in [-0.15, -0.1) is 0 Å². The molecule has 0 fully saturated rings. The lowest BCUT2D eigenvalue weighted by molar-refractivity contribution is 0.0523. The van der Waals surface area contributed by atoms with Crippen molar-refractivity contribution < 1.29 is 13.9 Å². The van der Waals surface area contributed by atoms with E-state index < -0.39 is 11.7 Å². The molecule has 4 heteroatoms. The number of rotatable bonds is 2. The number of furan rings is 1. The molecule has 0 aliphatic carbocycles. The first-order chi connectivity index (χ1) is 9.26. The SMILES string of the molecule is Cc1oc2ccc(CNC(=O)OC(C)(C)C)cc2c1C. The van der Waals surface area contributed by atoms with E-state index in [1.54, 1.807) is 0 Å². The number of amides is 1. The molecule has 108 valence electrons. The minimum atomic E-state index is -0.480. The first kappa shape index (κ1) is 14.4. The summed E-state index contributed by atoms with van der Waals surface area (Å²) in [5.74, 6) is 0.928. The van der Waals surface area contributed by atoms with Gasteiger partial charge in [0.1, 0.15) is 16.9 Å². The fourth-order valence-electron chi connectivity index (χ4n) is 1.99. The zero-order valence-corrected chi connectivity index (χ0v) is 12.7. The first-order valence-corrected chi connectivity index (χ1v) is 6.72. The molecule has 1 aromatic carbocycles. The summed E-state index contributed by atoms with van der Waals surface area (Å²) < 4.78 is 10.8. The van der Waals surface area contributed by atoms with E-state index in [2.05, 4.69) is 5.32 Å². The van der Waals surface area contributed by atoms with Crippen molar-refractivity contribution in [3.63, 3.8) is 0 Å². The van der Waals surface area contributed by atoms with Gasteiger partial charge in [-0.1, -0.05) is 6.07 Å². The second kappa shape index (κ2) is 5.19. The average molecular weight is 275 g/mol. The largest absolute Gasteiger partial charge is 0.461 e. The second-order valence-electron chi connectivity index (χ2n) is 5.97. The molecule has 4 nitrogen and oxygen atoms in total. The summed E-state index contributed by atoms with van der Waals surface area (Å²) in [5.41, 5.74) is 2.55. The average Bonchev–Trinajstić information content (AvgIpc) is 2.61. The Kier molecular flexibility index (Phi) is 3.75. The normalized spacial score (nSPS) is 11.7. The van der Waals surface area contributed by atoms with Gasteiger partial charge in [0.2, 0.25) is 0 Å². The molecule has 0 unspecified atom stereocenters. The Labute approximate surface area is 119 Å². The molecule has 0 saturated heterocycles. The molecule has 0 spiro atoms. The molecule has 0 radical (unpaired) electrons. The number of carbonyl (C=O) groups excluding carboxylic acids is 1. The predicted molar refractivity (Wildman–Crippen MR) is 78.8 cm³/mol. The van der Waals surface area contributed by atoms with Crippen LogP contribution in [-0.2, 0) is 11.3 Å². The Morgan fingerprint density at radius 3 is 2.65 bits per heavy atom. The molecule has 1 aromatic heterocycles. The van der Waals surface area contributed by atoms with Crippen LogP contribution in [0.15, 0.2) is 22.6 Å². The van der Waals surface area contributed by atoms with E-state index in [1.807, 2.05) is 52.8 Å². The number of benzene rings is 1. The number of ether oxygens (including phenoxy) is 1. The minimum Gasteiger partial charge on any atom is -0.461 e. The monoisotopic (exact) mass is 275 g/mol. The molecule has 1 heterocycles. The molecule has 1 N–H and O–H groups in total. The van der Waals surface area contributed by atoms with Gasteiger partial charge >= 0.3 is 6.09 Å². The zero-order valence-electron chi connectivity index (χ0n) is 12.7. The molecular weight excluding hydrogens is 254 g/mol. The Balaban J connectivity index is 2.07. The zero-order chi connectivity index (χ0) is 14.9.